The number of nitrogens with zero attached hydrogens (tertiary/aromatic N) is 3. The van der Waals surface area contributed by atoms with Crippen LogP contribution in [0.25, 0.3) is 22.2 Å². The van der Waals surface area contributed by atoms with Crippen molar-refractivity contribution in [1.29, 1.82) is 0 Å². The summed E-state index contributed by atoms with van der Waals surface area (Å²) in [7, 11) is 0. The maximum atomic E-state index is 13.5. The number of allylic oxidation sites excluding steroid dienone is 4. The first kappa shape index (κ1) is 24.1. The highest BCUT2D eigenvalue weighted by molar-refractivity contribution is 6.04. The van der Waals surface area contributed by atoms with Crippen molar-refractivity contribution in [2.75, 3.05) is 18.4 Å². The first-order valence-electron chi connectivity index (χ1n) is 12.9. The molecule has 6 rings (SSSR count). The molecular weight excluding hydrogens is 483 g/mol. The molecule has 194 valence electrons. The highest BCUT2D eigenvalue weighted by Crippen LogP contribution is 2.26. The Hall–Kier alpha value is -4.24. The van der Waals surface area contributed by atoms with Crippen LogP contribution in [0.4, 0.5) is 10.1 Å². The van der Waals surface area contributed by atoms with Crippen LogP contribution in [0, 0.1) is 0 Å². The molecule has 3 aromatic heterocycles. The number of amides is 1. The van der Waals surface area contributed by atoms with Crippen molar-refractivity contribution in [2.45, 2.75) is 38.5 Å². The van der Waals surface area contributed by atoms with Crippen molar-refractivity contribution in [3.8, 4) is 11.3 Å². The fraction of sp³-hybridized carbons (Fsp3) is 0.276. The van der Waals surface area contributed by atoms with E-state index in [1.807, 2.05) is 18.2 Å². The highest BCUT2D eigenvalue weighted by Gasteiger charge is 2.21. The second-order valence-corrected chi connectivity index (χ2v) is 10.00. The van der Waals surface area contributed by atoms with Gasteiger partial charge in [-0.15, -0.1) is 0 Å². The van der Waals surface area contributed by atoms with Gasteiger partial charge in [0.25, 0.3) is 11.5 Å². The van der Waals surface area contributed by atoms with Gasteiger partial charge in [-0.3, -0.25) is 19.2 Å². The number of carbonyl (C=O) groups is 1. The molecule has 4 heterocycles. The maximum absolute atomic E-state index is 13.5. The molecule has 0 saturated carbocycles. The minimum absolute atomic E-state index is 0.262. The third kappa shape index (κ3) is 5.24. The third-order valence-electron chi connectivity index (χ3n) is 7.07. The molecule has 0 bridgehead atoms. The van der Waals surface area contributed by atoms with E-state index in [1.165, 1.54) is 11.8 Å². The zero-order chi connectivity index (χ0) is 26.1. The molecule has 1 saturated heterocycles. The van der Waals surface area contributed by atoms with Crippen LogP contribution in [0.1, 0.15) is 35.2 Å². The summed E-state index contributed by atoms with van der Waals surface area (Å²) in [5, 5.41) is 8.14. The van der Waals surface area contributed by atoms with Crippen molar-refractivity contribution in [1.82, 2.24) is 24.6 Å². The number of likely N-dealkylation sites (tertiary alicyclic amines) is 1. The fourth-order valence-corrected chi connectivity index (χ4v) is 5.11. The van der Waals surface area contributed by atoms with Crippen LogP contribution in [0.15, 0.2) is 77.5 Å². The Morgan fingerprint density at radius 3 is 2.92 bits per heavy atom. The van der Waals surface area contributed by atoms with Gasteiger partial charge in [-0.05, 0) is 54.7 Å². The second-order valence-electron chi connectivity index (χ2n) is 10.00. The number of alkyl halides is 1. The van der Waals surface area contributed by atoms with Gasteiger partial charge >= 0.3 is 0 Å². The number of H-pyrrole nitrogens is 2. The molecule has 2 aliphatic rings. The van der Waals surface area contributed by atoms with Crippen LogP contribution in [0.3, 0.4) is 0 Å². The average Bonchev–Trinajstić information content (AvgIpc) is 3.65. The Kier molecular flexibility index (Phi) is 6.51. The van der Waals surface area contributed by atoms with Gasteiger partial charge in [0.15, 0.2) is 0 Å². The number of hydrogen-bond donors (Lipinski definition) is 3. The van der Waals surface area contributed by atoms with Crippen LogP contribution < -0.4 is 10.9 Å². The first-order chi connectivity index (χ1) is 18.5. The predicted molar refractivity (Wildman–Crippen MR) is 146 cm³/mol. The van der Waals surface area contributed by atoms with Gasteiger partial charge in [-0.1, -0.05) is 24.3 Å². The number of rotatable bonds is 7. The number of nitrogens with one attached hydrogen (secondary N) is 3. The Morgan fingerprint density at radius 2 is 2.11 bits per heavy atom. The fourth-order valence-electron chi connectivity index (χ4n) is 5.11. The van der Waals surface area contributed by atoms with E-state index in [1.54, 1.807) is 23.1 Å². The number of anilines is 1. The molecule has 1 aromatic carbocycles. The number of carbonyl (C=O) groups excluding carboxylic acids is 1. The Bertz CT molecular complexity index is 1610. The van der Waals surface area contributed by atoms with Gasteiger partial charge in [-0.2, -0.15) is 5.10 Å². The molecule has 1 atom stereocenters. The monoisotopic (exact) mass is 512 g/mol. The van der Waals surface area contributed by atoms with E-state index in [0.29, 0.717) is 48.6 Å². The van der Waals surface area contributed by atoms with Crippen molar-refractivity contribution in [2.24, 2.45) is 0 Å². The zero-order valence-electron chi connectivity index (χ0n) is 20.9. The van der Waals surface area contributed by atoms with Crippen LogP contribution in [-0.2, 0) is 13.1 Å². The smallest absolute Gasteiger partial charge is 0.258 e. The lowest BCUT2D eigenvalue weighted by atomic mass is 10.1. The van der Waals surface area contributed by atoms with Crippen LogP contribution in [0.2, 0.25) is 0 Å². The van der Waals surface area contributed by atoms with Gasteiger partial charge in [0.2, 0.25) is 0 Å². The van der Waals surface area contributed by atoms with E-state index < -0.39 is 6.17 Å². The number of pyridine rings is 1. The quantitative estimate of drug-likeness (QED) is 0.332. The summed E-state index contributed by atoms with van der Waals surface area (Å²) in [5.74, 6) is -0.305. The van der Waals surface area contributed by atoms with E-state index in [-0.39, 0.29) is 11.5 Å². The normalized spacial score (nSPS) is 17.7. The van der Waals surface area contributed by atoms with Gasteiger partial charge in [0, 0.05) is 42.9 Å². The molecule has 3 N–H and O–H groups in total. The number of fused-ring (bicyclic) bond motifs is 1. The minimum atomic E-state index is -0.745. The summed E-state index contributed by atoms with van der Waals surface area (Å²) in [6.45, 7) is 2.55. The molecule has 8 nitrogen and oxygen atoms in total. The lowest BCUT2D eigenvalue weighted by molar-refractivity contribution is 0.102. The third-order valence-corrected chi connectivity index (χ3v) is 7.07. The molecule has 1 aliphatic heterocycles. The molecule has 0 radical (unpaired) electrons. The lowest BCUT2D eigenvalue weighted by Crippen LogP contribution is -2.20. The Labute approximate surface area is 218 Å². The minimum Gasteiger partial charge on any atom is -0.354 e. The van der Waals surface area contributed by atoms with Gasteiger partial charge in [0.05, 0.1) is 35.2 Å². The zero-order valence-corrected chi connectivity index (χ0v) is 20.9. The predicted octanol–water partition coefficient (Wildman–Crippen LogP) is 4.79. The largest absolute Gasteiger partial charge is 0.354 e. The van der Waals surface area contributed by atoms with Gasteiger partial charge in [0.1, 0.15) is 6.17 Å². The van der Waals surface area contributed by atoms with E-state index in [9.17, 15) is 14.0 Å². The van der Waals surface area contributed by atoms with Crippen LogP contribution in [0.5, 0.6) is 0 Å². The molecule has 4 aromatic rings. The van der Waals surface area contributed by atoms with Crippen molar-refractivity contribution < 1.29 is 9.18 Å². The number of benzene rings is 1. The molecular formula is C29H29FN6O2. The number of aromatic nitrogens is 4. The molecule has 0 spiro atoms. The Morgan fingerprint density at radius 1 is 1.18 bits per heavy atom. The summed E-state index contributed by atoms with van der Waals surface area (Å²) in [6.07, 6.45) is 13.1. The van der Waals surface area contributed by atoms with E-state index in [0.717, 1.165) is 35.9 Å². The van der Waals surface area contributed by atoms with Gasteiger partial charge < -0.3 is 15.3 Å². The molecule has 0 unspecified atom stereocenters. The topological polar surface area (TPSA) is 98.8 Å². The summed E-state index contributed by atoms with van der Waals surface area (Å²) >= 11 is 0. The maximum Gasteiger partial charge on any atom is 0.258 e. The highest BCUT2D eigenvalue weighted by atomic mass is 19.1. The van der Waals surface area contributed by atoms with Crippen LogP contribution in [-0.4, -0.2) is 49.8 Å². The molecule has 1 amide bonds. The average molecular weight is 513 g/mol. The molecule has 1 aliphatic carbocycles. The first-order valence-corrected chi connectivity index (χ1v) is 12.9. The van der Waals surface area contributed by atoms with Gasteiger partial charge in [-0.25, -0.2) is 4.39 Å². The SMILES string of the molecule is O=C(Nc1c[nH]c(=O)c(-c2cc3cc(CN4CC[C@H](F)C4)ccc3[nH]2)c1)c1cnn(CC2=CCCC=C2)c1. The van der Waals surface area contributed by atoms with E-state index in [4.69, 9.17) is 0 Å². The second kappa shape index (κ2) is 10.3. The Balaban J connectivity index is 1.17. The summed E-state index contributed by atoms with van der Waals surface area (Å²) < 4.78 is 15.3. The van der Waals surface area contributed by atoms with E-state index in [2.05, 4.69) is 49.6 Å². The molecule has 38 heavy (non-hydrogen) atoms. The summed E-state index contributed by atoms with van der Waals surface area (Å²) in [6, 6.07) is 9.66. The standard InChI is InChI=1S/C29H29FN6O2/c30-23-8-9-35(18-23)15-20-6-7-26-21(10-20)11-27(34-26)25-12-24(14-31-29(25)38)33-28(37)22-13-32-36(17-22)16-19-4-2-1-3-5-19/h2,4-7,10-14,17,23,34H,1,3,8-9,15-16,18H2,(H,31,38)(H,33,37)/t23-/m0/s1. The summed E-state index contributed by atoms with van der Waals surface area (Å²) in [4.78, 5) is 33.7. The summed E-state index contributed by atoms with van der Waals surface area (Å²) in [5.41, 5.74) is 4.90. The molecule has 9 heteroatoms. The van der Waals surface area contributed by atoms with Crippen molar-refractivity contribution in [3.05, 3.63) is 94.2 Å². The lowest BCUT2D eigenvalue weighted by Gasteiger charge is -2.14. The number of halogens is 1. The van der Waals surface area contributed by atoms with Crippen LogP contribution >= 0.6 is 0 Å². The van der Waals surface area contributed by atoms with E-state index >= 15 is 0 Å². The number of hydrogen-bond acceptors (Lipinski definition) is 4. The number of aromatic amines is 2. The van der Waals surface area contributed by atoms with Crippen molar-refractivity contribution >= 4 is 22.5 Å². The molecule has 1 fully saturated rings. The van der Waals surface area contributed by atoms with Crippen molar-refractivity contribution in [3.63, 3.8) is 0 Å².